The first-order chi connectivity index (χ1) is 14.7. The SMILES string of the molecule is CN=C(NCc1ccccc1CN1CCCC1=O)N1CCN(Cc2ccon2)CC1.I. The summed E-state index contributed by atoms with van der Waals surface area (Å²) in [5.41, 5.74) is 3.38. The molecule has 0 radical (unpaired) electrons. The molecule has 31 heavy (non-hydrogen) atoms. The Morgan fingerprint density at radius 2 is 1.87 bits per heavy atom. The van der Waals surface area contributed by atoms with Crippen molar-refractivity contribution in [3.63, 3.8) is 0 Å². The molecule has 0 saturated carbocycles. The number of aliphatic imine (C=N–C) groups is 1. The fourth-order valence-corrected chi connectivity index (χ4v) is 4.13. The van der Waals surface area contributed by atoms with Gasteiger partial charge in [0.25, 0.3) is 0 Å². The van der Waals surface area contributed by atoms with Gasteiger partial charge in [-0.3, -0.25) is 14.7 Å². The summed E-state index contributed by atoms with van der Waals surface area (Å²) in [7, 11) is 1.83. The van der Waals surface area contributed by atoms with E-state index in [4.69, 9.17) is 4.52 Å². The third kappa shape index (κ3) is 6.19. The van der Waals surface area contributed by atoms with E-state index in [0.29, 0.717) is 19.5 Å². The normalized spacial score (nSPS) is 17.7. The Morgan fingerprint density at radius 3 is 2.52 bits per heavy atom. The van der Waals surface area contributed by atoms with Gasteiger partial charge in [0.1, 0.15) is 6.26 Å². The minimum Gasteiger partial charge on any atom is -0.364 e. The number of guanidine groups is 1. The third-order valence-electron chi connectivity index (χ3n) is 5.85. The number of aromatic nitrogens is 1. The highest BCUT2D eigenvalue weighted by atomic mass is 127. The first-order valence-corrected chi connectivity index (χ1v) is 10.6. The minimum atomic E-state index is 0. The van der Waals surface area contributed by atoms with Crippen molar-refractivity contribution in [2.45, 2.75) is 32.5 Å². The van der Waals surface area contributed by atoms with Crippen LogP contribution in [0.2, 0.25) is 0 Å². The van der Waals surface area contributed by atoms with Crippen LogP contribution < -0.4 is 5.32 Å². The Morgan fingerprint density at radius 1 is 1.10 bits per heavy atom. The van der Waals surface area contributed by atoms with Gasteiger partial charge in [0.05, 0.1) is 5.69 Å². The zero-order chi connectivity index (χ0) is 20.8. The van der Waals surface area contributed by atoms with Crippen molar-refractivity contribution < 1.29 is 9.32 Å². The van der Waals surface area contributed by atoms with E-state index in [2.05, 4.69) is 43.5 Å². The maximum atomic E-state index is 12.0. The first-order valence-electron chi connectivity index (χ1n) is 10.6. The molecule has 2 aliphatic rings. The average Bonchev–Trinajstić information content (AvgIpc) is 3.43. The molecule has 3 heterocycles. The van der Waals surface area contributed by atoms with Gasteiger partial charge in [-0.25, -0.2) is 0 Å². The number of carbonyl (C=O) groups is 1. The number of hydrogen-bond donors (Lipinski definition) is 1. The molecule has 8 nitrogen and oxygen atoms in total. The molecule has 1 N–H and O–H groups in total. The van der Waals surface area contributed by atoms with Gasteiger partial charge in [-0.05, 0) is 17.5 Å². The van der Waals surface area contributed by atoms with Gasteiger partial charge in [-0.1, -0.05) is 29.4 Å². The molecule has 0 bridgehead atoms. The summed E-state index contributed by atoms with van der Waals surface area (Å²) < 4.78 is 4.93. The molecular weight excluding hydrogens is 507 g/mol. The van der Waals surface area contributed by atoms with E-state index in [0.717, 1.165) is 57.3 Å². The summed E-state index contributed by atoms with van der Waals surface area (Å²) in [6, 6.07) is 10.3. The van der Waals surface area contributed by atoms with Crippen molar-refractivity contribution in [1.29, 1.82) is 0 Å². The zero-order valence-corrected chi connectivity index (χ0v) is 20.3. The first kappa shape index (κ1) is 23.5. The average molecular weight is 538 g/mol. The third-order valence-corrected chi connectivity index (χ3v) is 5.85. The van der Waals surface area contributed by atoms with Crippen molar-refractivity contribution in [3.05, 3.63) is 53.4 Å². The van der Waals surface area contributed by atoms with Crippen LogP contribution in [0, 0.1) is 0 Å². The highest BCUT2D eigenvalue weighted by molar-refractivity contribution is 14.0. The highest BCUT2D eigenvalue weighted by Gasteiger charge is 2.22. The molecule has 0 unspecified atom stereocenters. The molecule has 1 amide bonds. The van der Waals surface area contributed by atoms with Crippen LogP contribution in [0.5, 0.6) is 0 Å². The molecule has 0 spiro atoms. The van der Waals surface area contributed by atoms with Crippen LogP contribution in [0.1, 0.15) is 29.7 Å². The summed E-state index contributed by atoms with van der Waals surface area (Å²) in [6.07, 6.45) is 3.26. The fraction of sp³-hybridized carbons (Fsp3) is 0.500. The second-order valence-corrected chi connectivity index (χ2v) is 7.84. The molecule has 0 aliphatic carbocycles. The molecule has 2 fully saturated rings. The van der Waals surface area contributed by atoms with E-state index in [9.17, 15) is 4.79 Å². The topological polar surface area (TPSA) is 77.2 Å². The van der Waals surface area contributed by atoms with Gasteiger partial charge < -0.3 is 19.6 Å². The molecule has 4 rings (SSSR count). The highest BCUT2D eigenvalue weighted by Crippen LogP contribution is 2.17. The number of rotatable bonds is 6. The van der Waals surface area contributed by atoms with Gasteiger partial charge in [-0.2, -0.15) is 0 Å². The van der Waals surface area contributed by atoms with E-state index in [1.54, 1.807) is 6.26 Å². The maximum Gasteiger partial charge on any atom is 0.222 e. The number of amides is 1. The number of hydrogen-bond acceptors (Lipinski definition) is 5. The summed E-state index contributed by atoms with van der Waals surface area (Å²) in [5.74, 6) is 1.18. The second kappa shape index (κ2) is 11.5. The number of benzene rings is 1. The van der Waals surface area contributed by atoms with Crippen LogP contribution in [-0.4, -0.2) is 71.5 Å². The smallest absolute Gasteiger partial charge is 0.222 e. The zero-order valence-electron chi connectivity index (χ0n) is 18.0. The lowest BCUT2D eigenvalue weighted by atomic mass is 10.1. The van der Waals surface area contributed by atoms with Gasteiger partial charge in [0.15, 0.2) is 5.96 Å². The van der Waals surface area contributed by atoms with E-state index >= 15 is 0 Å². The molecule has 2 saturated heterocycles. The van der Waals surface area contributed by atoms with E-state index in [-0.39, 0.29) is 29.9 Å². The molecule has 168 valence electrons. The molecular formula is C22H31IN6O2. The Bertz CT molecular complexity index is 865. The summed E-state index contributed by atoms with van der Waals surface area (Å²) >= 11 is 0. The Balaban J connectivity index is 0.00000272. The fourth-order valence-electron chi connectivity index (χ4n) is 4.13. The largest absolute Gasteiger partial charge is 0.364 e. The standard InChI is InChI=1S/C22H30N6O2.HI/c1-23-22(27-12-10-26(11-13-27)17-20-8-14-30-25-20)24-15-18-5-2-3-6-19(18)16-28-9-4-7-21(28)29;/h2-3,5-6,8,14H,4,7,9-13,15-17H2,1H3,(H,23,24);1H. The number of nitrogens with zero attached hydrogens (tertiary/aromatic N) is 5. The summed E-state index contributed by atoms with van der Waals surface area (Å²) in [4.78, 5) is 23.1. The molecule has 9 heteroatoms. The van der Waals surface area contributed by atoms with Crippen molar-refractivity contribution in [2.75, 3.05) is 39.8 Å². The number of nitrogens with one attached hydrogen (secondary N) is 1. The molecule has 2 aromatic rings. The van der Waals surface area contributed by atoms with Gasteiger partial charge in [-0.15, -0.1) is 24.0 Å². The van der Waals surface area contributed by atoms with Crippen LogP contribution in [0.3, 0.4) is 0 Å². The lowest BCUT2D eigenvalue weighted by molar-refractivity contribution is -0.128. The second-order valence-electron chi connectivity index (χ2n) is 7.84. The molecule has 1 aromatic carbocycles. The minimum absolute atomic E-state index is 0. The van der Waals surface area contributed by atoms with Crippen LogP contribution in [-0.2, 0) is 24.4 Å². The van der Waals surface area contributed by atoms with Crippen molar-refractivity contribution in [1.82, 2.24) is 25.2 Å². The van der Waals surface area contributed by atoms with Gasteiger partial charge in [0, 0.05) is 71.9 Å². The summed E-state index contributed by atoms with van der Waals surface area (Å²) in [5, 5.41) is 7.52. The Kier molecular flexibility index (Phi) is 8.70. The van der Waals surface area contributed by atoms with E-state index in [1.165, 1.54) is 11.1 Å². The number of halogens is 1. The van der Waals surface area contributed by atoms with Gasteiger partial charge >= 0.3 is 0 Å². The molecule has 0 atom stereocenters. The van der Waals surface area contributed by atoms with Crippen LogP contribution in [0.4, 0.5) is 0 Å². The number of likely N-dealkylation sites (tertiary alicyclic amines) is 1. The summed E-state index contributed by atoms with van der Waals surface area (Å²) in [6.45, 7) is 6.82. The van der Waals surface area contributed by atoms with Gasteiger partial charge in [0.2, 0.25) is 5.91 Å². The quantitative estimate of drug-likeness (QED) is 0.346. The van der Waals surface area contributed by atoms with Crippen molar-refractivity contribution >= 4 is 35.8 Å². The van der Waals surface area contributed by atoms with E-state index < -0.39 is 0 Å². The Labute approximate surface area is 200 Å². The van der Waals surface area contributed by atoms with E-state index in [1.807, 2.05) is 24.1 Å². The van der Waals surface area contributed by atoms with Crippen LogP contribution in [0.25, 0.3) is 0 Å². The van der Waals surface area contributed by atoms with Crippen molar-refractivity contribution in [2.24, 2.45) is 4.99 Å². The number of piperazine rings is 1. The maximum absolute atomic E-state index is 12.0. The molecule has 1 aromatic heterocycles. The van der Waals surface area contributed by atoms with Crippen LogP contribution in [0.15, 0.2) is 46.1 Å². The van der Waals surface area contributed by atoms with Crippen LogP contribution >= 0.6 is 24.0 Å². The molecule has 2 aliphatic heterocycles. The number of carbonyl (C=O) groups excluding carboxylic acids is 1. The predicted octanol–water partition coefficient (Wildman–Crippen LogP) is 2.31. The predicted molar refractivity (Wildman–Crippen MR) is 130 cm³/mol. The lowest BCUT2D eigenvalue weighted by Crippen LogP contribution is -2.52. The Hall–Kier alpha value is -2.14. The lowest BCUT2D eigenvalue weighted by Gasteiger charge is -2.36. The van der Waals surface area contributed by atoms with Crippen molar-refractivity contribution in [3.8, 4) is 0 Å². The monoisotopic (exact) mass is 538 g/mol.